The van der Waals surface area contributed by atoms with Gasteiger partial charge in [0.2, 0.25) is 0 Å². The largest absolute Gasteiger partial charge is 0.493 e. The van der Waals surface area contributed by atoms with Crippen LogP contribution < -0.4 is 14.4 Å². The van der Waals surface area contributed by atoms with E-state index in [9.17, 15) is 4.79 Å². The van der Waals surface area contributed by atoms with Gasteiger partial charge in [-0.1, -0.05) is 23.7 Å². The topological polar surface area (TPSA) is 54.9 Å². The van der Waals surface area contributed by atoms with E-state index in [2.05, 4.69) is 9.88 Å². The van der Waals surface area contributed by atoms with Gasteiger partial charge in [-0.25, -0.2) is 4.98 Å². The molecule has 0 saturated carbocycles. The van der Waals surface area contributed by atoms with Crippen molar-refractivity contribution in [1.29, 1.82) is 0 Å². The molecule has 30 heavy (non-hydrogen) atoms. The minimum Gasteiger partial charge on any atom is -0.493 e. The molecule has 0 aliphatic carbocycles. The second kappa shape index (κ2) is 9.36. The van der Waals surface area contributed by atoms with Gasteiger partial charge in [-0.15, -0.1) is 11.3 Å². The summed E-state index contributed by atoms with van der Waals surface area (Å²) in [6, 6.07) is 13.1. The van der Waals surface area contributed by atoms with Gasteiger partial charge in [0, 0.05) is 37.1 Å². The lowest BCUT2D eigenvalue weighted by atomic mass is 10.1. The van der Waals surface area contributed by atoms with Gasteiger partial charge in [0.1, 0.15) is 6.61 Å². The average molecular weight is 444 g/mol. The average Bonchev–Trinajstić information content (AvgIpc) is 3.31. The number of aromatic nitrogens is 1. The number of carbonyl (C=O) groups excluding carboxylic acids is 1. The number of hydrogen-bond acceptors (Lipinski definition) is 6. The van der Waals surface area contributed by atoms with Gasteiger partial charge >= 0.3 is 0 Å². The molecule has 0 atom stereocenters. The Hall–Kier alpha value is -2.77. The van der Waals surface area contributed by atoms with Crippen LogP contribution in [0.3, 0.4) is 0 Å². The number of para-hydroxylation sites is 1. The highest BCUT2D eigenvalue weighted by atomic mass is 35.5. The summed E-state index contributed by atoms with van der Waals surface area (Å²) in [5, 5.41) is 2.67. The third-order valence-corrected chi connectivity index (χ3v) is 5.98. The molecule has 2 heterocycles. The van der Waals surface area contributed by atoms with Gasteiger partial charge in [-0.3, -0.25) is 4.79 Å². The number of halogens is 1. The Morgan fingerprint density at radius 3 is 2.63 bits per heavy atom. The van der Waals surface area contributed by atoms with Gasteiger partial charge in [0.15, 0.2) is 11.5 Å². The van der Waals surface area contributed by atoms with Crippen LogP contribution in [0, 0.1) is 0 Å². The standard InChI is InChI=1S/C22H22ClN3O3S/c1-28-21-12-16(6-7-20(21)29-13-17-14-30-15-24-17)22(27)26-10-8-25(9-11-26)19-5-3-2-4-18(19)23/h2-7,12,14-15H,8-11,13H2,1H3. The number of methoxy groups -OCH3 is 1. The lowest BCUT2D eigenvalue weighted by molar-refractivity contribution is 0.0746. The molecular weight excluding hydrogens is 422 g/mol. The molecule has 1 fully saturated rings. The van der Waals surface area contributed by atoms with Gasteiger partial charge in [-0.2, -0.15) is 0 Å². The molecule has 0 spiro atoms. The third-order valence-electron chi connectivity index (χ3n) is 5.03. The molecule has 0 bridgehead atoms. The normalized spacial score (nSPS) is 13.9. The summed E-state index contributed by atoms with van der Waals surface area (Å²) < 4.78 is 11.2. The number of anilines is 1. The Bertz CT molecular complexity index is 1000. The van der Waals surface area contributed by atoms with Crippen molar-refractivity contribution < 1.29 is 14.3 Å². The van der Waals surface area contributed by atoms with Crippen molar-refractivity contribution in [3.63, 3.8) is 0 Å². The lowest BCUT2D eigenvalue weighted by Gasteiger charge is -2.36. The first-order valence-electron chi connectivity index (χ1n) is 9.62. The number of thiazole rings is 1. The number of carbonyl (C=O) groups is 1. The van der Waals surface area contributed by atoms with Crippen molar-refractivity contribution in [3.8, 4) is 11.5 Å². The highest BCUT2D eigenvalue weighted by Crippen LogP contribution is 2.30. The molecule has 2 aromatic carbocycles. The zero-order chi connectivity index (χ0) is 20.9. The van der Waals surface area contributed by atoms with Gasteiger partial charge in [0.05, 0.1) is 29.0 Å². The fraction of sp³-hybridized carbons (Fsp3) is 0.273. The molecule has 1 aromatic heterocycles. The quantitative estimate of drug-likeness (QED) is 0.567. The number of hydrogen-bond donors (Lipinski definition) is 0. The summed E-state index contributed by atoms with van der Waals surface area (Å²) in [5.74, 6) is 1.11. The summed E-state index contributed by atoms with van der Waals surface area (Å²) in [7, 11) is 1.57. The fourth-order valence-electron chi connectivity index (χ4n) is 3.42. The monoisotopic (exact) mass is 443 g/mol. The molecule has 0 unspecified atom stereocenters. The van der Waals surface area contributed by atoms with Crippen molar-refractivity contribution >= 4 is 34.5 Å². The van der Waals surface area contributed by atoms with Gasteiger partial charge < -0.3 is 19.3 Å². The van der Waals surface area contributed by atoms with E-state index in [1.165, 1.54) is 11.3 Å². The minimum atomic E-state index is -0.0156. The van der Waals surface area contributed by atoms with Crippen molar-refractivity contribution in [2.45, 2.75) is 6.61 Å². The van der Waals surface area contributed by atoms with Crippen LogP contribution in [0.4, 0.5) is 5.69 Å². The fourth-order valence-corrected chi connectivity index (χ4v) is 4.22. The second-order valence-corrected chi connectivity index (χ2v) is 7.99. The maximum Gasteiger partial charge on any atom is 0.254 e. The Morgan fingerprint density at radius 2 is 1.93 bits per heavy atom. The van der Waals surface area contributed by atoms with E-state index in [0.29, 0.717) is 36.8 Å². The molecule has 6 nitrogen and oxygen atoms in total. The summed E-state index contributed by atoms with van der Waals surface area (Å²) in [6.07, 6.45) is 0. The van der Waals surface area contributed by atoms with Crippen LogP contribution in [0.15, 0.2) is 53.4 Å². The molecular formula is C22H22ClN3O3S. The summed E-state index contributed by atoms with van der Waals surface area (Å²) in [4.78, 5) is 21.3. The van der Waals surface area contributed by atoms with Crippen LogP contribution in [-0.2, 0) is 6.61 Å². The van der Waals surface area contributed by atoms with E-state index < -0.39 is 0 Å². The maximum absolute atomic E-state index is 13.0. The molecule has 8 heteroatoms. The Kier molecular flexibility index (Phi) is 6.40. The molecule has 0 N–H and O–H groups in total. The molecule has 3 aromatic rings. The highest BCUT2D eigenvalue weighted by molar-refractivity contribution is 7.07. The predicted molar refractivity (Wildman–Crippen MR) is 119 cm³/mol. The van der Waals surface area contributed by atoms with Crippen molar-refractivity contribution in [2.75, 3.05) is 38.2 Å². The number of piperazine rings is 1. The SMILES string of the molecule is COc1cc(C(=O)N2CCN(c3ccccc3Cl)CC2)ccc1OCc1cscn1. The number of rotatable bonds is 6. The molecule has 156 valence electrons. The van der Waals surface area contributed by atoms with Crippen LogP contribution in [0.1, 0.15) is 16.1 Å². The first-order valence-corrected chi connectivity index (χ1v) is 10.9. The summed E-state index contributed by atoms with van der Waals surface area (Å²) in [6.45, 7) is 3.10. The molecule has 1 aliphatic rings. The summed E-state index contributed by atoms with van der Waals surface area (Å²) >= 11 is 7.83. The van der Waals surface area contributed by atoms with Crippen LogP contribution in [0.5, 0.6) is 11.5 Å². The van der Waals surface area contributed by atoms with E-state index >= 15 is 0 Å². The summed E-state index contributed by atoms with van der Waals surface area (Å²) in [5.41, 5.74) is 4.22. The van der Waals surface area contributed by atoms with E-state index in [-0.39, 0.29) is 5.91 Å². The van der Waals surface area contributed by atoms with E-state index in [0.717, 1.165) is 29.5 Å². The zero-order valence-electron chi connectivity index (χ0n) is 16.6. The smallest absolute Gasteiger partial charge is 0.254 e. The predicted octanol–water partition coefficient (Wildman–Crippen LogP) is 4.35. The van der Waals surface area contributed by atoms with Crippen LogP contribution in [0.25, 0.3) is 0 Å². The zero-order valence-corrected chi connectivity index (χ0v) is 18.2. The van der Waals surface area contributed by atoms with Crippen molar-refractivity contribution in [3.05, 3.63) is 69.6 Å². The first-order chi connectivity index (χ1) is 14.7. The maximum atomic E-state index is 13.0. The molecule has 1 saturated heterocycles. The lowest BCUT2D eigenvalue weighted by Crippen LogP contribution is -2.48. The molecule has 1 amide bonds. The molecule has 1 aliphatic heterocycles. The van der Waals surface area contributed by atoms with Gasteiger partial charge in [0.25, 0.3) is 5.91 Å². The third kappa shape index (κ3) is 4.52. The van der Waals surface area contributed by atoms with Crippen molar-refractivity contribution in [1.82, 2.24) is 9.88 Å². The minimum absolute atomic E-state index is 0.0156. The Morgan fingerprint density at radius 1 is 1.13 bits per heavy atom. The Balaban J connectivity index is 1.40. The van der Waals surface area contributed by atoms with Crippen molar-refractivity contribution in [2.24, 2.45) is 0 Å². The number of benzene rings is 2. The van der Waals surface area contributed by atoms with Crippen LogP contribution >= 0.6 is 22.9 Å². The molecule has 4 rings (SSSR count). The number of amides is 1. The van der Waals surface area contributed by atoms with Crippen LogP contribution in [0.2, 0.25) is 5.02 Å². The van der Waals surface area contributed by atoms with Gasteiger partial charge in [-0.05, 0) is 30.3 Å². The second-order valence-electron chi connectivity index (χ2n) is 6.86. The first kappa shape index (κ1) is 20.5. The number of nitrogens with zero attached hydrogens (tertiary/aromatic N) is 3. The van der Waals surface area contributed by atoms with E-state index in [1.807, 2.05) is 34.5 Å². The number of ether oxygens (including phenoxy) is 2. The van der Waals surface area contributed by atoms with Crippen LogP contribution in [-0.4, -0.2) is 49.1 Å². The molecule has 0 radical (unpaired) electrons. The van der Waals surface area contributed by atoms with E-state index in [1.54, 1.807) is 30.8 Å². The Labute approximate surface area is 184 Å². The van der Waals surface area contributed by atoms with E-state index in [4.69, 9.17) is 21.1 Å². The highest BCUT2D eigenvalue weighted by Gasteiger charge is 2.24.